The van der Waals surface area contributed by atoms with E-state index in [4.69, 9.17) is 11.2 Å². The minimum atomic E-state index is -0.161. The van der Waals surface area contributed by atoms with Gasteiger partial charge in [0.2, 0.25) is 0 Å². The number of unbranched alkanes of at least 4 members (excludes halogenated alkanes) is 2. The van der Waals surface area contributed by atoms with Crippen LogP contribution in [0.1, 0.15) is 19.3 Å². The summed E-state index contributed by atoms with van der Waals surface area (Å²) in [5, 5.41) is 7.26. The van der Waals surface area contributed by atoms with Crippen LogP contribution >= 0.6 is 15.9 Å². The predicted molar refractivity (Wildman–Crippen MR) is 79.2 cm³/mol. The fourth-order valence-electron chi connectivity index (χ4n) is 1.50. The number of aromatic nitrogens is 2. The molecule has 1 aromatic heterocycles. The molecule has 6 heteroatoms. The van der Waals surface area contributed by atoms with E-state index in [-0.39, 0.29) is 5.56 Å². The highest BCUT2D eigenvalue weighted by molar-refractivity contribution is 9.10. The third-order valence-electron chi connectivity index (χ3n) is 2.56. The topological polar surface area (TPSA) is 56.1 Å². The Hall–Kier alpha value is -1.32. The summed E-state index contributed by atoms with van der Waals surface area (Å²) in [7, 11) is 1.59. The Bertz CT molecular complexity index is 494. The van der Waals surface area contributed by atoms with Crippen molar-refractivity contribution in [2.75, 3.05) is 25.6 Å². The molecule has 0 bridgehead atoms. The van der Waals surface area contributed by atoms with Crippen molar-refractivity contribution in [3.63, 3.8) is 0 Å². The monoisotopic (exact) mass is 327 g/mol. The first-order chi connectivity index (χ1) is 9.20. The lowest BCUT2D eigenvalue weighted by molar-refractivity contribution is 0.181. The van der Waals surface area contributed by atoms with Gasteiger partial charge < -0.3 is 10.1 Å². The van der Waals surface area contributed by atoms with Gasteiger partial charge in [0, 0.05) is 20.1 Å². The maximum Gasteiger partial charge on any atom is 0.283 e. The average molecular weight is 328 g/mol. The van der Waals surface area contributed by atoms with Crippen molar-refractivity contribution in [2.45, 2.75) is 25.8 Å². The fourth-order valence-corrected chi connectivity index (χ4v) is 1.95. The van der Waals surface area contributed by atoms with Gasteiger partial charge in [-0.15, -0.1) is 12.3 Å². The predicted octanol–water partition coefficient (Wildman–Crippen LogP) is 1.87. The summed E-state index contributed by atoms with van der Waals surface area (Å²) in [6.07, 6.45) is 9.53. The highest BCUT2D eigenvalue weighted by Gasteiger charge is 2.07. The van der Waals surface area contributed by atoms with E-state index in [1.807, 2.05) is 0 Å². The number of rotatable bonds is 8. The van der Waals surface area contributed by atoms with Crippen LogP contribution in [0.3, 0.4) is 0 Å². The molecular weight excluding hydrogens is 310 g/mol. The van der Waals surface area contributed by atoms with Crippen LogP contribution in [0.2, 0.25) is 0 Å². The van der Waals surface area contributed by atoms with Gasteiger partial charge in [0.25, 0.3) is 5.56 Å². The Labute approximate surface area is 121 Å². The normalized spacial score (nSPS) is 10.2. The van der Waals surface area contributed by atoms with E-state index >= 15 is 0 Å². The van der Waals surface area contributed by atoms with Gasteiger partial charge >= 0.3 is 0 Å². The number of methoxy groups -OCH3 is 1. The summed E-state index contributed by atoms with van der Waals surface area (Å²) in [6, 6.07) is 0. The van der Waals surface area contributed by atoms with E-state index in [9.17, 15) is 4.79 Å². The molecule has 5 nitrogen and oxygen atoms in total. The highest BCUT2D eigenvalue weighted by Crippen LogP contribution is 2.16. The second kappa shape index (κ2) is 8.73. The fraction of sp³-hybridized carbons (Fsp3) is 0.538. The van der Waals surface area contributed by atoms with Gasteiger partial charge in [0.1, 0.15) is 4.47 Å². The summed E-state index contributed by atoms with van der Waals surface area (Å²) in [6.45, 7) is 1.66. The van der Waals surface area contributed by atoms with E-state index < -0.39 is 0 Å². The van der Waals surface area contributed by atoms with Crippen LogP contribution in [0, 0.1) is 12.3 Å². The summed E-state index contributed by atoms with van der Waals surface area (Å²) < 4.78 is 6.79. The number of halogens is 1. The summed E-state index contributed by atoms with van der Waals surface area (Å²) in [5.41, 5.74) is 0.546. The van der Waals surface area contributed by atoms with Gasteiger partial charge in [-0.1, -0.05) is 0 Å². The molecule has 0 aliphatic carbocycles. The van der Waals surface area contributed by atoms with E-state index in [2.05, 4.69) is 32.3 Å². The molecule has 1 rings (SSSR count). The Morgan fingerprint density at radius 3 is 3.05 bits per heavy atom. The van der Waals surface area contributed by atoms with Gasteiger partial charge in [-0.25, -0.2) is 4.68 Å². The number of anilines is 1. The molecule has 0 unspecified atom stereocenters. The second-order valence-corrected chi connectivity index (χ2v) is 4.77. The quantitative estimate of drug-likeness (QED) is 0.585. The number of hydrogen-bond donors (Lipinski definition) is 1. The third-order valence-corrected chi connectivity index (χ3v) is 3.32. The van der Waals surface area contributed by atoms with Crippen molar-refractivity contribution in [2.24, 2.45) is 0 Å². The Balaban J connectivity index is 2.59. The molecule has 1 heterocycles. The van der Waals surface area contributed by atoms with Crippen LogP contribution in [-0.2, 0) is 11.3 Å². The molecule has 0 spiro atoms. The molecule has 1 aromatic rings. The van der Waals surface area contributed by atoms with Crippen LogP contribution in [0.5, 0.6) is 0 Å². The van der Waals surface area contributed by atoms with Crippen molar-refractivity contribution in [3.8, 4) is 12.3 Å². The van der Waals surface area contributed by atoms with Gasteiger partial charge in [-0.2, -0.15) is 5.10 Å². The lowest BCUT2D eigenvalue weighted by atomic mass is 10.2. The maximum atomic E-state index is 12.0. The number of nitrogens with zero attached hydrogens (tertiary/aromatic N) is 2. The molecule has 0 amide bonds. The van der Waals surface area contributed by atoms with Gasteiger partial charge in [0.05, 0.1) is 25.0 Å². The third kappa shape index (κ3) is 5.05. The molecule has 0 aliphatic heterocycles. The van der Waals surface area contributed by atoms with E-state index in [1.165, 1.54) is 4.68 Å². The molecule has 0 fully saturated rings. The van der Waals surface area contributed by atoms with Gasteiger partial charge in [0.15, 0.2) is 0 Å². The summed E-state index contributed by atoms with van der Waals surface area (Å²) in [4.78, 5) is 12.0. The highest BCUT2D eigenvalue weighted by atomic mass is 79.9. The van der Waals surface area contributed by atoms with Gasteiger partial charge in [-0.05, 0) is 28.8 Å². The SMILES string of the molecule is C#CCCCCNc1cnn(CCOC)c(=O)c1Br. The lowest BCUT2D eigenvalue weighted by Crippen LogP contribution is -2.26. The van der Waals surface area contributed by atoms with Gasteiger partial charge in [-0.3, -0.25) is 4.79 Å². The minimum Gasteiger partial charge on any atom is -0.383 e. The Kier molecular flexibility index (Phi) is 7.23. The average Bonchev–Trinajstić information content (AvgIpc) is 2.42. The molecule has 0 aromatic carbocycles. The standard InChI is InChI=1S/C13H18BrN3O2/c1-3-4-5-6-7-15-11-10-16-17(8-9-19-2)13(18)12(11)14/h1,10,15H,4-9H2,2H3. The first-order valence-electron chi connectivity index (χ1n) is 6.12. The Morgan fingerprint density at radius 1 is 1.58 bits per heavy atom. The van der Waals surface area contributed by atoms with Crippen LogP contribution in [0.4, 0.5) is 5.69 Å². The van der Waals surface area contributed by atoms with Crippen LogP contribution in [0.15, 0.2) is 15.5 Å². The van der Waals surface area contributed by atoms with Crippen molar-refractivity contribution >= 4 is 21.6 Å². The van der Waals surface area contributed by atoms with E-state index in [1.54, 1.807) is 13.3 Å². The van der Waals surface area contributed by atoms with Crippen molar-refractivity contribution in [3.05, 3.63) is 21.0 Å². The molecule has 19 heavy (non-hydrogen) atoms. The number of hydrogen-bond acceptors (Lipinski definition) is 4. The van der Waals surface area contributed by atoms with Crippen molar-refractivity contribution in [1.82, 2.24) is 9.78 Å². The molecule has 0 saturated heterocycles. The zero-order chi connectivity index (χ0) is 14.1. The first kappa shape index (κ1) is 15.7. The van der Waals surface area contributed by atoms with E-state index in [0.717, 1.165) is 25.8 Å². The summed E-state index contributed by atoms with van der Waals surface area (Å²) >= 11 is 3.30. The van der Waals surface area contributed by atoms with Crippen LogP contribution in [-0.4, -0.2) is 30.0 Å². The molecular formula is C13H18BrN3O2. The van der Waals surface area contributed by atoms with Crippen LogP contribution < -0.4 is 10.9 Å². The minimum absolute atomic E-state index is 0.161. The molecule has 0 saturated carbocycles. The number of nitrogens with one attached hydrogen (secondary N) is 1. The second-order valence-electron chi connectivity index (χ2n) is 3.98. The Morgan fingerprint density at radius 2 is 2.37 bits per heavy atom. The molecule has 0 aliphatic rings. The lowest BCUT2D eigenvalue weighted by Gasteiger charge is -2.10. The molecule has 0 radical (unpaired) electrons. The summed E-state index contributed by atoms with van der Waals surface area (Å²) in [5.74, 6) is 2.60. The number of ether oxygens (including phenoxy) is 1. The molecule has 1 N–H and O–H groups in total. The number of terminal acetylenes is 1. The molecule has 104 valence electrons. The molecule has 0 atom stereocenters. The van der Waals surface area contributed by atoms with Crippen molar-refractivity contribution < 1.29 is 4.74 Å². The van der Waals surface area contributed by atoms with E-state index in [0.29, 0.717) is 23.3 Å². The maximum absolute atomic E-state index is 12.0. The zero-order valence-corrected chi connectivity index (χ0v) is 12.6. The smallest absolute Gasteiger partial charge is 0.283 e. The largest absolute Gasteiger partial charge is 0.383 e. The van der Waals surface area contributed by atoms with Crippen LogP contribution in [0.25, 0.3) is 0 Å². The van der Waals surface area contributed by atoms with Crippen molar-refractivity contribution in [1.29, 1.82) is 0 Å². The zero-order valence-electron chi connectivity index (χ0n) is 11.0. The first-order valence-corrected chi connectivity index (χ1v) is 6.92.